The van der Waals surface area contributed by atoms with Crippen molar-refractivity contribution in [2.24, 2.45) is 5.92 Å². The number of carbonyl (C=O) groups excluding carboxylic acids is 3. The number of likely N-dealkylation sites (tertiary alicyclic amines) is 1. The fourth-order valence-corrected chi connectivity index (χ4v) is 7.14. The molecular weight excluding hydrogens is 697 g/mol. The molecule has 3 heterocycles. The maximum absolute atomic E-state index is 14.1. The molecule has 2 aliphatic rings. The molecule has 0 saturated carbocycles. The highest BCUT2D eigenvalue weighted by Crippen LogP contribution is 2.36. The van der Waals surface area contributed by atoms with Crippen LogP contribution in [0.15, 0.2) is 60.7 Å². The highest BCUT2D eigenvalue weighted by Gasteiger charge is 2.35. The quantitative estimate of drug-likeness (QED) is 0.150. The number of hydrogen-bond acceptors (Lipinski definition) is 11. The number of carbonyl (C=O) groups is 3. The van der Waals surface area contributed by atoms with Gasteiger partial charge in [0, 0.05) is 67.6 Å². The first-order valence-electron chi connectivity index (χ1n) is 17.5. The van der Waals surface area contributed by atoms with Gasteiger partial charge in [-0.2, -0.15) is 4.98 Å². The number of aromatic nitrogens is 2. The number of fused-ring (bicyclic) bond motifs is 1. The number of methoxy groups -OCH3 is 4. The fraction of sp³-hybridized carbons (Fsp3) is 0.385. The van der Waals surface area contributed by atoms with Crippen LogP contribution in [0.25, 0.3) is 10.9 Å². The number of nitrogens with zero attached hydrogens (tertiary/aromatic N) is 5. The smallest absolute Gasteiger partial charge is 0.254 e. The standard InChI is InChI=1S/C39H44N6O7S/c1-24(20-30(46)25-10-7-6-8-11-25)38(53)45-15-9-12-29(45)36(47)41-35-27-22-33(51-4)34(52-5)23-28(27)40-39(42-35)44-18-16-43(17-19-44)37(48)26-13-14-31(49-2)32(21-26)50-3/h6-8,10-11,13-14,21-24,29H,9,12,15-20H2,1-5H3,(H,40,41,42,47)/t24?,29-/m1/s1. The van der Waals surface area contributed by atoms with Gasteiger partial charge < -0.3 is 39.0 Å². The second kappa shape index (κ2) is 16.4. The van der Waals surface area contributed by atoms with Crippen LogP contribution in [0.1, 0.15) is 46.9 Å². The number of piperazine rings is 1. The molecular formula is C39H44N6O7S. The molecule has 0 spiro atoms. The van der Waals surface area contributed by atoms with Crippen molar-refractivity contribution < 1.29 is 33.3 Å². The Bertz CT molecular complexity index is 2000. The predicted molar refractivity (Wildman–Crippen MR) is 206 cm³/mol. The molecule has 1 N–H and O–H groups in total. The summed E-state index contributed by atoms with van der Waals surface area (Å²) < 4.78 is 21.9. The zero-order valence-corrected chi connectivity index (χ0v) is 31.4. The second-order valence-electron chi connectivity index (χ2n) is 13.0. The van der Waals surface area contributed by atoms with E-state index in [1.165, 1.54) is 7.11 Å². The van der Waals surface area contributed by atoms with E-state index in [-0.39, 0.29) is 29.9 Å². The molecule has 6 rings (SSSR count). The molecule has 2 saturated heterocycles. The molecule has 14 heteroatoms. The number of hydrogen-bond donors (Lipinski definition) is 1. The number of thiocarbonyl (C=S) groups is 1. The SMILES string of the molecule is COc1ccc(C(=O)N2CCN(c3nc(NC(=O)[C@H]4CCCN4C(=S)C(C)CC(=O)c4ccccc4)c4cc(OC)c(OC)cc4n3)CC2)cc1OC. The van der Waals surface area contributed by atoms with Gasteiger partial charge in [-0.1, -0.05) is 49.5 Å². The third kappa shape index (κ3) is 7.97. The Labute approximate surface area is 314 Å². The highest BCUT2D eigenvalue weighted by atomic mass is 32.1. The van der Waals surface area contributed by atoms with E-state index >= 15 is 0 Å². The van der Waals surface area contributed by atoms with Crippen molar-refractivity contribution in [3.63, 3.8) is 0 Å². The first-order chi connectivity index (χ1) is 25.6. The minimum atomic E-state index is -0.531. The maximum Gasteiger partial charge on any atom is 0.254 e. The summed E-state index contributed by atoms with van der Waals surface area (Å²) in [6.07, 6.45) is 1.64. The van der Waals surface area contributed by atoms with E-state index in [9.17, 15) is 14.4 Å². The van der Waals surface area contributed by atoms with Gasteiger partial charge in [0.2, 0.25) is 11.9 Å². The van der Waals surface area contributed by atoms with Gasteiger partial charge in [-0.3, -0.25) is 14.4 Å². The molecule has 0 radical (unpaired) electrons. The van der Waals surface area contributed by atoms with E-state index in [2.05, 4.69) is 5.32 Å². The Balaban J connectivity index is 1.21. The van der Waals surface area contributed by atoms with Crippen LogP contribution in [0.3, 0.4) is 0 Å². The molecule has 13 nitrogen and oxygen atoms in total. The number of ketones is 1. The number of amides is 2. The predicted octanol–water partition coefficient (Wildman–Crippen LogP) is 5.27. The summed E-state index contributed by atoms with van der Waals surface area (Å²) in [4.78, 5) is 56.5. The second-order valence-corrected chi connectivity index (χ2v) is 13.4. The summed E-state index contributed by atoms with van der Waals surface area (Å²) in [6, 6.07) is 17.3. The van der Waals surface area contributed by atoms with E-state index < -0.39 is 6.04 Å². The Hall–Kier alpha value is -5.50. The first kappa shape index (κ1) is 37.3. The van der Waals surface area contributed by atoms with Crippen molar-refractivity contribution in [2.45, 2.75) is 32.2 Å². The van der Waals surface area contributed by atoms with Crippen LogP contribution in [0.5, 0.6) is 23.0 Å². The van der Waals surface area contributed by atoms with Crippen molar-refractivity contribution in [2.75, 3.05) is 71.4 Å². The van der Waals surface area contributed by atoms with Crippen molar-refractivity contribution in [3.05, 3.63) is 71.8 Å². The third-order valence-corrected chi connectivity index (χ3v) is 10.4. The van der Waals surface area contributed by atoms with E-state index in [0.29, 0.717) is 101 Å². The number of benzene rings is 3. The van der Waals surface area contributed by atoms with Gasteiger partial charge in [0.15, 0.2) is 28.8 Å². The number of anilines is 2. The lowest BCUT2D eigenvalue weighted by Crippen LogP contribution is -2.49. The molecule has 2 atom stereocenters. The number of ether oxygens (including phenoxy) is 4. The van der Waals surface area contributed by atoms with E-state index in [1.807, 2.05) is 34.9 Å². The maximum atomic E-state index is 14.1. The monoisotopic (exact) mass is 740 g/mol. The lowest BCUT2D eigenvalue weighted by molar-refractivity contribution is -0.119. The van der Waals surface area contributed by atoms with Crippen molar-refractivity contribution in [3.8, 4) is 23.0 Å². The van der Waals surface area contributed by atoms with Gasteiger partial charge in [0.05, 0.1) is 38.9 Å². The average Bonchev–Trinajstić information content (AvgIpc) is 3.70. The van der Waals surface area contributed by atoms with E-state index in [0.717, 1.165) is 6.42 Å². The van der Waals surface area contributed by atoms with Crippen LogP contribution in [-0.4, -0.2) is 110 Å². The van der Waals surface area contributed by atoms with Crippen molar-refractivity contribution in [1.82, 2.24) is 19.8 Å². The molecule has 1 unspecified atom stereocenters. The average molecular weight is 741 g/mol. The summed E-state index contributed by atoms with van der Waals surface area (Å²) in [5.41, 5.74) is 1.70. The molecule has 3 aromatic carbocycles. The summed E-state index contributed by atoms with van der Waals surface area (Å²) in [7, 11) is 6.18. The summed E-state index contributed by atoms with van der Waals surface area (Å²) >= 11 is 5.88. The molecule has 2 amide bonds. The molecule has 2 aliphatic heterocycles. The van der Waals surface area contributed by atoms with Gasteiger partial charge in [-0.15, -0.1) is 0 Å². The number of rotatable bonds is 12. The Morgan fingerprint density at radius 2 is 1.47 bits per heavy atom. The Morgan fingerprint density at radius 3 is 2.15 bits per heavy atom. The van der Waals surface area contributed by atoms with Crippen LogP contribution >= 0.6 is 12.2 Å². The van der Waals surface area contributed by atoms with Crippen LogP contribution in [0, 0.1) is 5.92 Å². The van der Waals surface area contributed by atoms with E-state index in [4.69, 9.17) is 41.1 Å². The number of Topliss-reactive ketones (excluding diaryl/α,β-unsaturated/α-hetero) is 1. The van der Waals surface area contributed by atoms with Crippen molar-refractivity contribution >= 4 is 57.5 Å². The summed E-state index contributed by atoms with van der Waals surface area (Å²) in [6.45, 7) is 4.35. The summed E-state index contributed by atoms with van der Waals surface area (Å²) in [5.74, 6) is 2.13. The lowest BCUT2D eigenvalue weighted by atomic mass is 9.99. The molecule has 0 aliphatic carbocycles. The zero-order chi connectivity index (χ0) is 37.6. The highest BCUT2D eigenvalue weighted by molar-refractivity contribution is 7.80. The Kier molecular flexibility index (Phi) is 11.6. The van der Waals surface area contributed by atoms with Crippen LogP contribution in [-0.2, 0) is 4.79 Å². The van der Waals surface area contributed by atoms with Crippen LogP contribution in [0.4, 0.5) is 11.8 Å². The van der Waals surface area contributed by atoms with E-state index in [1.54, 1.807) is 68.7 Å². The topological polar surface area (TPSA) is 136 Å². The zero-order valence-electron chi connectivity index (χ0n) is 30.6. The van der Waals surface area contributed by atoms with Crippen LogP contribution < -0.4 is 29.2 Å². The van der Waals surface area contributed by atoms with Crippen LogP contribution in [0.2, 0.25) is 0 Å². The molecule has 1 aromatic heterocycles. The lowest BCUT2D eigenvalue weighted by Gasteiger charge is -2.35. The van der Waals surface area contributed by atoms with Gasteiger partial charge >= 0.3 is 0 Å². The Morgan fingerprint density at radius 1 is 0.811 bits per heavy atom. The first-order valence-corrected chi connectivity index (χ1v) is 18.0. The number of nitrogens with one attached hydrogen (secondary N) is 1. The van der Waals surface area contributed by atoms with Gasteiger partial charge in [-0.05, 0) is 37.1 Å². The minimum absolute atomic E-state index is 0.0103. The molecule has 2 fully saturated rings. The largest absolute Gasteiger partial charge is 0.493 e. The summed E-state index contributed by atoms with van der Waals surface area (Å²) in [5, 5.41) is 3.67. The third-order valence-electron chi connectivity index (χ3n) is 9.76. The normalized spacial score (nSPS) is 16.2. The molecule has 4 aromatic rings. The van der Waals surface area contributed by atoms with Gasteiger partial charge in [0.1, 0.15) is 11.9 Å². The minimum Gasteiger partial charge on any atom is -0.493 e. The molecule has 53 heavy (non-hydrogen) atoms. The molecule has 0 bridgehead atoms. The van der Waals surface area contributed by atoms with Gasteiger partial charge in [-0.25, -0.2) is 4.98 Å². The van der Waals surface area contributed by atoms with Crippen molar-refractivity contribution in [1.29, 1.82) is 0 Å². The molecule has 278 valence electrons. The fourth-order valence-electron chi connectivity index (χ4n) is 6.83. The van der Waals surface area contributed by atoms with Gasteiger partial charge in [0.25, 0.3) is 5.91 Å².